The van der Waals surface area contributed by atoms with Gasteiger partial charge in [-0.15, -0.1) is 0 Å². The molecule has 4 heteroatoms. The molecule has 1 aliphatic carbocycles. The summed E-state index contributed by atoms with van der Waals surface area (Å²) in [5, 5.41) is 4.21. The predicted molar refractivity (Wildman–Crippen MR) is 71.0 cm³/mol. The number of hydrogen-bond acceptors (Lipinski definition) is 1. The monoisotopic (exact) mass is 275 g/mol. The van der Waals surface area contributed by atoms with Crippen molar-refractivity contribution in [1.29, 1.82) is 0 Å². The fourth-order valence-corrected chi connectivity index (χ4v) is 3.07. The lowest BCUT2D eigenvalue weighted by atomic mass is 9.80. The van der Waals surface area contributed by atoms with E-state index in [-0.39, 0.29) is 5.41 Å². The third-order valence-electron chi connectivity index (χ3n) is 3.77. The highest BCUT2D eigenvalue weighted by atomic mass is 35.5. The summed E-state index contributed by atoms with van der Waals surface area (Å²) in [4.78, 5) is 0. The van der Waals surface area contributed by atoms with Crippen LogP contribution < -0.4 is 5.32 Å². The molecule has 1 saturated heterocycles. The molecule has 0 aromatic carbocycles. The first-order valence-corrected chi connectivity index (χ1v) is 6.55. The van der Waals surface area contributed by atoms with Crippen molar-refractivity contribution in [2.45, 2.75) is 19.0 Å². The van der Waals surface area contributed by atoms with Crippen molar-refractivity contribution in [2.24, 2.45) is 11.3 Å². The fraction of sp³-hybridized carbons (Fsp3) is 0.538. The van der Waals surface area contributed by atoms with E-state index in [9.17, 15) is 4.39 Å². The second-order valence-electron chi connectivity index (χ2n) is 4.83. The Balaban J connectivity index is 2.17. The molecule has 0 aromatic heterocycles. The van der Waals surface area contributed by atoms with Crippen LogP contribution >= 0.6 is 23.2 Å². The van der Waals surface area contributed by atoms with Crippen LogP contribution in [0.15, 0.2) is 34.9 Å². The van der Waals surface area contributed by atoms with Gasteiger partial charge in [0.25, 0.3) is 0 Å². The minimum atomic E-state index is -0.690. The van der Waals surface area contributed by atoms with Crippen molar-refractivity contribution in [1.82, 2.24) is 5.32 Å². The van der Waals surface area contributed by atoms with E-state index in [1.165, 1.54) is 6.08 Å². The molecule has 1 aliphatic heterocycles. The van der Waals surface area contributed by atoms with Crippen molar-refractivity contribution in [3.8, 4) is 0 Å². The first kappa shape index (κ1) is 13.1. The van der Waals surface area contributed by atoms with Gasteiger partial charge < -0.3 is 5.32 Å². The van der Waals surface area contributed by atoms with Gasteiger partial charge in [0.15, 0.2) is 0 Å². The molecule has 17 heavy (non-hydrogen) atoms. The number of alkyl halides is 1. The molecule has 1 nitrogen and oxygen atoms in total. The first-order chi connectivity index (χ1) is 8.07. The summed E-state index contributed by atoms with van der Waals surface area (Å²) in [6.45, 7) is 5.27. The minimum Gasteiger partial charge on any atom is -0.316 e. The Morgan fingerprint density at radius 1 is 1.41 bits per heavy atom. The summed E-state index contributed by atoms with van der Waals surface area (Å²) in [6.07, 6.45) is 5.84. The van der Waals surface area contributed by atoms with E-state index in [4.69, 9.17) is 23.2 Å². The number of fused-ring (bicyclic) bond motifs is 1. The smallest absolute Gasteiger partial charge is 0.101 e. The molecular formula is C13H16Cl2FN. The van der Waals surface area contributed by atoms with Crippen LogP contribution in [0.1, 0.15) is 12.8 Å². The number of halogens is 3. The average Bonchev–Trinajstić information content (AvgIpc) is 2.80. The molecule has 1 N–H and O–H groups in total. The molecule has 2 aliphatic rings. The molecule has 2 fully saturated rings. The lowest BCUT2D eigenvalue weighted by molar-refractivity contribution is 0.305. The molecule has 0 spiro atoms. The molecule has 3 unspecified atom stereocenters. The highest BCUT2D eigenvalue weighted by molar-refractivity contribution is 6.41. The molecule has 0 bridgehead atoms. The quantitative estimate of drug-likeness (QED) is 0.774. The molecule has 0 aromatic rings. The number of hydrogen-bond donors (Lipinski definition) is 1. The van der Waals surface area contributed by atoms with Crippen molar-refractivity contribution in [3.63, 3.8) is 0 Å². The minimum absolute atomic E-state index is 0.0854. The Kier molecular flexibility index (Phi) is 3.96. The summed E-state index contributed by atoms with van der Waals surface area (Å²) in [5.74, 6) is 0.376. The van der Waals surface area contributed by atoms with Gasteiger partial charge in [-0.2, -0.15) is 0 Å². The van der Waals surface area contributed by atoms with Crippen molar-refractivity contribution in [2.75, 3.05) is 13.1 Å². The standard InChI is InChI=1S/C13H16Cl2FN/c1-2-11(14)12(15)3-4-13-6-10(16)5-9(13)7-17-8-13/h2-4,9-10,17H,1,5-8H2. The van der Waals surface area contributed by atoms with Gasteiger partial charge in [-0.05, 0) is 37.5 Å². The Labute approximate surface area is 111 Å². The predicted octanol–water partition coefficient (Wildman–Crippen LogP) is 3.76. The summed E-state index contributed by atoms with van der Waals surface area (Å²) < 4.78 is 13.5. The molecule has 1 saturated carbocycles. The van der Waals surface area contributed by atoms with Gasteiger partial charge in [0, 0.05) is 12.0 Å². The third-order valence-corrected chi connectivity index (χ3v) is 4.55. The van der Waals surface area contributed by atoms with Gasteiger partial charge >= 0.3 is 0 Å². The lowest BCUT2D eigenvalue weighted by Gasteiger charge is -2.23. The fourth-order valence-electron chi connectivity index (χ4n) is 2.87. The van der Waals surface area contributed by atoms with Crippen LogP contribution in [0.2, 0.25) is 0 Å². The number of rotatable bonds is 3. The van der Waals surface area contributed by atoms with E-state index in [1.807, 2.05) is 6.08 Å². The highest BCUT2D eigenvalue weighted by Crippen LogP contribution is 2.48. The lowest BCUT2D eigenvalue weighted by Crippen LogP contribution is -2.23. The SMILES string of the molecule is C=CC(Cl)=C(Cl)C=CC12CNCC1CC(F)C2. The molecular weight excluding hydrogens is 260 g/mol. The van der Waals surface area contributed by atoms with E-state index in [0.29, 0.717) is 28.8 Å². The maximum absolute atomic E-state index is 13.5. The van der Waals surface area contributed by atoms with Gasteiger partial charge in [-0.3, -0.25) is 0 Å². The maximum atomic E-state index is 13.5. The van der Waals surface area contributed by atoms with Crippen LogP contribution in [-0.2, 0) is 0 Å². The Morgan fingerprint density at radius 2 is 2.18 bits per heavy atom. The van der Waals surface area contributed by atoms with E-state index < -0.39 is 6.17 Å². The van der Waals surface area contributed by atoms with Crippen molar-refractivity contribution in [3.05, 3.63) is 34.9 Å². The zero-order valence-electron chi connectivity index (χ0n) is 9.56. The van der Waals surface area contributed by atoms with Crippen LogP contribution in [0.3, 0.4) is 0 Å². The summed E-state index contributed by atoms with van der Waals surface area (Å²) in [5.41, 5.74) is -0.0854. The Bertz CT molecular complexity index is 378. The van der Waals surface area contributed by atoms with Crippen LogP contribution in [0.5, 0.6) is 0 Å². The van der Waals surface area contributed by atoms with Gasteiger partial charge in [-0.25, -0.2) is 4.39 Å². The molecule has 94 valence electrons. The molecule has 0 amide bonds. The largest absolute Gasteiger partial charge is 0.316 e. The Morgan fingerprint density at radius 3 is 2.88 bits per heavy atom. The number of nitrogens with one attached hydrogen (secondary N) is 1. The third kappa shape index (κ3) is 2.59. The van der Waals surface area contributed by atoms with Gasteiger partial charge in [0.2, 0.25) is 0 Å². The maximum Gasteiger partial charge on any atom is 0.101 e. The second-order valence-corrected chi connectivity index (χ2v) is 5.65. The van der Waals surface area contributed by atoms with Crippen molar-refractivity contribution < 1.29 is 4.39 Å². The Hall–Kier alpha value is -0.310. The number of allylic oxidation sites excluding steroid dienone is 4. The highest BCUT2D eigenvalue weighted by Gasteiger charge is 2.48. The van der Waals surface area contributed by atoms with Crippen molar-refractivity contribution >= 4 is 23.2 Å². The van der Waals surface area contributed by atoms with Gasteiger partial charge in [-0.1, -0.05) is 35.9 Å². The summed E-state index contributed by atoms with van der Waals surface area (Å²) in [7, 11) is 0. The molecule has 0 radical (unpaired) electrons. The van der Waals surface area contributed by atoms with Crippen LogP contribution in [-0.4, -0.2) is 19.3 Å². The van der Waals surface area contributed by atoms with E-state index in [2.05, 4.69) is 11.9 Å². The first-order valence-electron chi connectivity index (χ1n) is 5.79. The van der Waals surface area contributed by atoms with Crippen LogP contribution in [0, 0.1) is 11.3 Å². The van der Waals surface area contributed by atoms with Crippen LogP contribution in [0.25, 0.3) is 0 Å². The summed E-state index contributed by atoms with van der Waals surface area (Å²) in [6, 6.07) is 0. The second kappa shape index (κ2) is 5.13. The molecule has 1 heterocycles. The van der Waals surface area contributed by atoms with E-state index in [1.54, 1.807) is 6.08 Å². The zero-order valence-corrected chi connectivity index (χ0v) is 11.1. The van der Waals surface area contributed by atoms with E-state index in [0.717, 1.165) is 13.1 Å². The normalized spacial score (nSPS) is 38.3. The summed E-state index contributed by atoms with van der Waals surface area (Å²) >= 11 is 11.9. The molecule has 3 atom stereocenters. The zero-order chi connectivity index (χ0) is 12.5. The topological polar surface area (TPSA) is 12.0 Å². The molecule has 2 rings (SSSR count). The van der Waals surface area contributed by atoms with Gasteiger partial charge in [0.05, 0.1) is 10.1 Å². The average molecular weight is 276 g/mol. The van der Waals surface area contributed by atoms with Gasteiger partial charge in [0.1, 0.15) is 6.17 Å². The van der Waals surface area contributed by atoms with E-state index >= 15 is 0 Å². The van der Waals surface area contributed by atoms with Crippen LogP contribution in [0.4, 0.5) is 4.39 Å².